The highest BCUT2D eigenvalue weighted by Crippen LogP contribution is 2.51. The number of nitrogens with zero attached hydrogens (tertiary/aromatic N) is 2. The summed E-state index contributed by atoms with van der Waals surface area (Å²) < 4.78 is 0. The van der Waals surface area contributed by atoms with Gasteiger partial charge in [0.2, 0.25) is 0 Å². The lowest BCUT2D eigenvalue weighted by Gasteiger charge is -2.36. The van der Waals surface area contributed by atoms with Crippen molar-refractivity contribution < 1.29 is 0 Å². The van der Waals surface area contributed by atoms with Gasteiger partial charge in [-0.25, -0.2) is 0 Å². The van der Waals surface area contributed by atoms with E-state index < -0.39 is 0 Å². The summed E-state index contributed by atoms with van der Waals surface area (Å²) in [6, 6.07) is 57.9. The molecule has 0 N–H and O–H groups in total. The molecular formula is C51H34N2. The molecule has 0 radical (unpaired) electrons. The van der Waals surface area contributed by atoms with Gasteiger partial charge in [0.25, 0.3) is 0 Å². The van der Waals surface area contributed by atoms with Gasteiger partial charge in [-0.3, -0.25) is 4.98 Å². The fraction of sp³-hybridized carbons (Fsp3) is 0.0392. The van der Waals surface area contributed by atoms with E-state index >= 15 is 0 Å². The molecule has 1 atom stereocenters. The van der Waals surface area contributed by atoms with Crippen molar-refractivity contribution in [1.82, 2.24) is 4.98 Å². The molecule has 0 saturated carbocycles. The van der Waals surface area contributed by atoms with Gasteiger partial charge < -0.3 is 4.90 Å². The molecule has 2 heterocycles. The van der Waals surface area contributed by atoms with Crippen LogP contribution in [0.5, 0.6) is 0 Å². The first-order chi connectivity index (χ1) is 26.3. The lowest BCUT2D eigenvalue weighted by atomic mass is 9.85. The Morgan fingerprint density at radius 3 is 1.96 bits per heavy atom. The highest BCUT2D eigenvalue weighted by atomic mass is 15.2. The average Bonchev–Trinajstić information content (AvgIpc) is 3.24. The van der Waals surface area contributed by atoms with E-state index in [4.69, 9.17) is 4.98 Å². The summed E-state index contributed by atoms with van der Waals surface area (Å²) in [5.41, 5.74) is 12.3. The SMILES string of the molecule is C1=CC(c2cccc(-c3ccc4c5ccccc5c5ccccc5c4c3)c2)CC(N2c3ccccc3-c3cc(-c4ccccc4)cc4cncc2c34)=C1. The molecule has 0 saturated heterocycles. The van der Waals surface area contributed by atoms with Crippen LogP contribution in [0.3, 0.4) is 0 Å². The molecule has 248 valence electrons. The minimum atomic E-state index is 0.237. The second kappa shape index (κ2) is 11.9. The van der Waals surface area contributed by atoms with Crippen molar-refractivity contribution in [2.45, 2.75) is 12.3 Å². The molecule has 0 amide bonds. The lowest BCUT2D eigenvalue weighted by Crippen LogP contribution is -2.22. The van der Waals surface area contributed by atoms with E-state index in [-0.39, 0.29) is 5.92 Å². The highest BCUT2D eigenvalue weighted by Gasteiger charge is 2.29. The number of hydrogen-bond donors (Lipinski definition) is 0. The van der Waals surface area contributed by atoms with Crippen LogP contribution in [-0.4, -0.2) is 4.98 Å². The number of rotatable bonds is 4. The van der Waals surface area contributed by atoms with E-state index in [2.05, 4.69) is 181 Å². The maximum absolute atomic E-state index is 4.80. The van der Waals surface area contributed by atoms with Crippen LogP contribution in [-0.2, 0) is 0 Å². The van der Waals surface area contributed by atoms with Crippen LogP contribution in [0.2, 0.25) is 0 Å². The van der Waals surface area contributed by atoms with E-state index in [1.807, 2.05) is 12.4 Å². The molecule has 53 heavy (non-hydrogen) atoms. The molecule has 9 aromatic rings. The van der Waals surface area contributed by atoms with Crippen molar-refractivity contribution in [3.8, 4) is 33.4 Å². The maximum atomic E-state index is 4.80. The van der Waals surface area contributed by atoms with Gasteiger partial charge in [0.15, 0.2) is 0 Å². The molecule has 1 aliphatic carbocycles. The van der Waals surface area contributed by atoms with Crippen molar-refractivity contribution in [3.05, 3.63) is 200 Å². The second-order valence-corrected chi connectivity index (χ2v) is 14.3. The summed E-state index contributed by atoms with van der Waals surface area (Å²) >= 11 is 0. The van der Waals surface area contributed by atoms with Crippen LogP contribution in [0.4, 0.5) is 11.4 Å². The fourth-order valence-corrected chi connectivity index (χ4v) is 8.91. The first-order valence-electron chi connectivity index (χ1n) is 18.5. The average molecular weight is 675 g/mol. The minimum absolute atomic E-state index is 0.237. The van der Waals surface area contributed by atoms with Crippen LogP contribution in [0, 0.1) is 0 Å². The van der Waals surface area contributed by atoms with Gasteiger partial charge in [-0.2, -0.15) is 0 Å². The van der Waals surface area contributed by atoms with Gasteiger partial charge in [-0.1, -0.05) is 146 Å². The Morgan fingerprint density at radius 1 is 0.472 bits per heavy atom. The molecule has 2 aliphatic rings. The molecule has 8 aromatic carbocycles. The van der Waals surface area contributed by atoms with Gasteiger partial charge in [0, 0.05) is 34.1 Å². The molecule has 0 fully saturated rings. The zero-order valence-electron chi connectivity index (χ0n) is 29.1. The van der Waals surface area contributed by atoms with E-state index in [1.165, 1.54) is 88.0 Å². The Balaban J connectivity index is 0.978. The Bertz CT molecular complexity index is 2950. The number of aromatic nitrogens is 1. The summed E-state index contributed by atoms with van der Waals surface area (Å²) in [7, 11) is 0. The molecule has 0 bridgehead atoms. The summed E-state index contributed by atoms with van der Waals surface area (Å²) in [5, 5.41) is 10.2. The Morgan fingerprint density at radius 2 is 1.15 bits per heavy atom. The van der Waals surface area contributed by atoms with Crippen molar-refractivity contribution in [3.63, 3.8) is 0 Å². The lowest BCUT2D eigenvalue weighted by molar-refractivity contribution is 0.794. The predicted octanol–water partition coefficient (Wildman–Crippen LogP) is 13.8. The molecule has 1 unspecified atom stereocenters. The Kier molecular flexibility index (Phi) is 6.72. The normalized spacial score (nSPS) is 14.9. The molecule has 0 spiro atoms. The van der Waals surface area contributed by atoms with Crippen molar-refractivity contribution in [1.29, 1.82) is 0 Å². The maximum Gasteiger partial charge on any atom is 0.0726 e. The number of para-hydroxylation sites is 1. The Labute approximate surface area is 308 Å². The van der Waals surface area contributed by atoms with Crippen LogP contribution in [0.15, 0.2) is 194 Å². The van der Waals surface area contributed by atoms with Crippen LogP contribution in [0.1, 0.15) is 17.9 Å². The van der Waals surface area contributed by atoms with Crippen molar-refractivity contribution in [2.75, 3.05) is 4.90 Å². The second-order valence-electron chi connectivity index (χ2n) is 14.3. The van der Waals surface area contributed by atoms with E-state index in [0.29, 0.717) is 0 Å². The summed E-state index contributed by atoms with van der Waals surface area (Å²) in [5.74, 6) is 0.237. The third-order valence-corrected chi connectivity index (χ3v) is 11.4. The number of fused-ring (bicyclic) bond motifs is 8. The summed E-state index contributed by atoms with van der Waals surface area (Å²) in [4.78, 5) is 7.26. The summed E-state index contributed by atoms with van der Waals surface area (Å²) in [6.45, 7) is 0. The van der Waals surface area contributed by atoms with Gasteiger partial charge >= 0.3 is 0 Å². The molecule has 11 rings (SSSR count). The standard InChI is InChI=1S/C51H34N2/c1-2-12-33(13-3-1)38-27-39-31-52-32-50-51(39)48(30-38)46-22-8-9-23-49(46)53(50)40-17-11-16-36(28-40)34-14-10-15-35(26-34)37-24-25-45-43-20-5-4-18-41(43)42-19-6-7-21-44(42)47(45)29-37/h1-27,29-32,36H,28H2. The smallest absolute Gasteiger partial charge is 0.0726 e. The fourth-order valence-electron chi connectivity index (χ4n) is 8.91. The topological polar surface area (TPSA) is 16.1 Å². The number of hydrogen-bond acceptors (Lipinski definition) is 2. The quantitative estimate of drug-likeness (QED) is 0.173. The molecule has 1 aromatic heterocycles. The van der Waals surface area contributed by atoms with Gasteiger partial charge in [0.1, 0.15) is 0 Å². The zero-order chi connectivity index (χ0) is 34.9. The number of allylic oxidation sites excluding steroid dienone is 4. The predicted molar refractivity (Wildman–Crippen MR) is 224 cm³/mol. The third kappa shape index (κ3) is 4.76. The highest BCUT2D eigenvalue weighted by molar-refractivity contribution is 6.25. The molecule has 1 aliphatic heterocycles. The first kappa shape index (κ1) is 29.9. The van der Waals surface area contributed by atoms with E-state index in [1.54, 1.807) is 0 Å². The van der Waals surface area contributed by atoms with Gasteiger partial charge in [-0.15, -0.1) is 0 Å². The van der Waals surface area contributed by atoms with Crippen molar-refractivity contribution >= 4 is 54.5 Å². The number of pyridine rings is 1. The first-order valence-corrected chi connectivity index (χ1v) is 18.5. The van der Waals surface area contributed by atoms with E-state index in [9.17, 15) is 0 Å². The monoisotopic (exact) mass is 674 g/mol. The zero-order valence-corrected chi connectivity index (χ0v) is 29.1. The largest absolute Gasteiger partial charge is 0.311 e. The summed E-state index contributed by atoms with van der Waals surface area (Å²) in [6.07, 6.45) is 11.8. The molecule has 2 heteroatoms. The number of anilines is 2. The van der Waals surface area contributed by atoms with Crippen LogP contribution >= 0.6 is 0 Å². The Hall–Kier alpha value is -6.77. The minimum Gasteiger partial charge on any atom is -0.311 e. The van der Waals surface area contributed by atoms with Gasteiger partial charge in [0.05, 0.1) is 17.6 Å². The van der Waals surface area contributed by atoms with Crippen LogP contribution < -0.4 is 4.90 Å². The molecular weight excluding hydrogens is 641 g/mol. The van der Waals surface area contributed by atoms with Crippen LogP contribution in [0.25, 0.3) is 76.5 Å². The molecule has 2 nitrogen and oxygen atoms in total. The third-order valence-electron chi connectivity index (χ3n) is 11.4. The van der Waals surface area contributed by atoms with E-state index in [0.717, 1.165) is 17.5 Å². The van der Waals surface area contributed by atoms with Crippen molar-refractivity contribution in [2.24, 2.45) is 0 Å². The van der Waals surface area contributed by atoms with Gasteiger partial charge in [-0.05, 0) is 102 Å². The number of benzene rings is 8.